The normalized spacial score (nSPS) is 14.2. The van der Waals surface area contributed by atoms with Crippen molar-refractivity contribution >= 4 is 15.8 Å². The molecule has 0 amide bonds. The van der Waals surface area contributed by atoms with Crippen molar-refractivity contribution < 1.29 is 8.42 Å². The highest BCUT2D eigenvalue weighted by Gasteiger charge is 2.21. The second-order valence-electron chi connectivity index (χ2n) is 5.57. The molecule has 3 rings (SSSR count). The molecule has 1 aliphatic carbocycles. The van der Waals surface area contributed by atoms with E-state index >= 15 is 0 Å². The Labute approximate surface area is 125 Å². The van der Waals surface area contributed by atoms with Crippen LogP contribution in [-0.4, -0.2) is 18.2 Å². The quantitative estimate of drug-likeness (QED) is 0.946. The van der Waals surface area contributed by atoms with Crippen molar-refractivity contribution in [3.63, 3.8) is 0 Å². The van der Waals surface area contributed by atoms with Gasteiger partial charge in [-0.3, -0.25) is 9.40 Å². The van der Waals surface area contributed by atoms with E-state index in [9.17, 15) is 8.42 Å². The molecule has 1 heterocycles. The van der Waals surface area contributed by atoms with Crippen LogP contribution in [0.15, 0.2) is 23.1 Å². The van der Waals surface area contributed by atoms with Gasteiger partial charge >= 0.3 is 0 Å². The van der Waals surface area contributed by atoms with Crippen LogP contribution in [0.3, 0.4) is 0 Å². The third-order valence-corrected chi connectivity index (χ3v) is 5.47. The zero-order valence-electron chi connectivity index (χ0n) is 12.5. The van der Waals surface area contributed by atoms with E-state index in [4.69, 9.17) is 0 Å². The number of hydrogen-bond donors (Lipinski definition) is 1. The first-order valence-electron chi connectivity index (χ1n) is 7.03. The van der Waals surface area contributed by atoms with Crippen LogP contribution >= 0.6 is 0 Å². The molecule has 0 saturated carbocycles. The Morgan fingerprint density at radius 2 is 1.90 bits per heavy atom. The minimum Gasteiger partial charge on any atom is -0.263 e. The summed E-state index contributed by atoms with van der Waals surface area (Å²) in [5.41, 5.74) is 4.09. The molecule has 1 aliphatic rings. The molecule has 0 saturated heterocycles. The van der Waals surface area contributed by atoms with Crippen LogP contribution in [0.25, 0.3) is 0 Å². The van der Waals surface area contributed by atoms with Gasteiger partial charge in [0.05, 0.1) is 10.6 Å². The van der Waals surface area contributed by atoms with Crippen LogP contribution in [0.4, 0.5) is 5.82 Å². The van der Waals surface area contributed by atoms with Crippen LogP contribution in [-0.2, 0) is 29.9 Å². The number of sulfonamides is 1. The third-order valence-electron chi connectivity index (χ3n) is 4.13. The number of hydrogen-bond acceptors (Lipinski definition) is 3. The number of rotatable bonds is 3. The first kappa shape index (κ1) is 14.1. The molecular formula is C15H19N3O2S. The number of nitrogens with zero attached hydrogens (tertiary/aromatic N) is 2. The van der Waals surface area contributed by atoms with Gasteiger partial charge in [0.2, 0.25) is 0 Å². The molecular weight excluding hydrogens is 286 g/mol. The smallest absolute Gasteiger partial charge is 0.263 e. The maximum Gasteiger partial charge on any atom is 0.263 e. The first-order valence-corrected chi connectivity index (χ1v) is 8.51. The van der Waals surface area contributed by atoms with E-state index in [1.54, 1.807) is 23.9 Å². The molecule has 0 bridgehead atoms. The number of fused-ring (bicyclic) bond motifs is 1. The minimum absolute atomic E-state index is 0.321. The van der Waals surface area contributed by atoms with Gasteiger partial charge in [0.25, 0.3) is 10.0 Å². The molecule has 5 nitrogen and oxygen atoms in total. The first-order chi connectivity index (χ1) is 9.88. The molecule has 2 aromatic rings. The lowest BCUT2D eigenvalue weighted by Gasteiger charge is -2.10. The van der Waals surface area contributed by atoms with E-state index in [0.29, 0.717) is 10.7 Å². The average Bonchev–Trinajstić information content (AvgIpc) is 2.98. The standard InChI is InChI=1S/C15H19N3O2S/c1-10-11(2)16-18(3)15(10)17-21(19,20)14-8-7-12-5-4-6-13(12)9-14/h7-9,17H,4-6H2,1-3H3. The van der Waals surface area contributed by atoms with E-state index in [1.807, 2.05) is 19.9 Å². The Morgan fingerprint density at radius 1 is 1.19 bits per heavy atom. The zero-order valence-corrected chi connectivity index (χ0v) is 13.3. The van der Waals surface area contributed by atoms with Crippen LogP contribution in [0.2, 0.25) is 0 Å². The summed E-state index contributed by atoms with van der Waals surface area (Å²) in [6, 6.07) is 5.41. The van der Waals surface area contributed by atoms with Gasteiger partial charge in [-0.05, 0) is 56.4 Å². The summed E-state index contributed by atoms with van der Waals surface area (Å²) in [6.07, 6.45) is 3.11. The lowest BCUT2D eigenvalue weighted by atomic mass is 10.1. The maximum absolute atomic E-state index is 12.6. The molecule has 0 fully saturated rings. The Balaban J connectivity index is 1.97. The van der Waals surface area contributed by atoms with Crippen LogP contribution in [0, 0.1) is 13.8 Å². The molecule has 0 atom stereocenters. The van der Waals surface area contributed by atoms with Crippen molar-refractivity contribution in [2.24, 2.45) is 7.05 Å². The Bertz CT molecular complexity index is 807. The monoisotopic (exact) mass is 305 g/mol. The number of nitrogens with one attached hydrogen (secondary N) is 1. The van der Waals surface area contributed by atoms with Gasteiger partial charge in [-0.1, -0.05) is 6.07 Å². The molecule has 112 valence electrons. The van der Waals surface area contributed by atoms with Gasteiger partial charge < -0.3 is 0 Å². The summed E-state index contributed by atoms with van der Waals surface area (Å²) in [6.45, 7) is 3.73. The van der Waals surface area contributed by atoms with E-state index in [1.165, 1.54) is 5.56 Å². The maximum atomic E-state index is 12.6. The van der Waals surface area contributed by atoms with Gasteiger partial charge in [-0.15, -0.1) is 0 Å². The highest BCUT2D eigenvalue weighted by molar-refractivity contribution is 7.92. The predicted molar refractivity (Wildman–Crippen MR) is 82.0 cm³/mol. The topological polar surface area (TPSA) is 64.0 Å². The number of aromatic nitrogens is 2. The third kappa shape index (κ3) is 2.44. The van der Waals surface area contributed by atoms with Crippen molar-refractivity contribution in [1.82, 2.24) is 9.78 Å². The van der Waals surface area contributed by atoms with Crippen molar-refractivity contribution in [1.29, 1.82) is 0 Å². The summed E-state index contributed by atoms with van der Waals surface area (Å²) >= 11 is 0. The molecule has 1 N–H and O–H groups in total. The van der Waals surface area contributed by atoms with Crippen molar-refractivity contribution in [3.8, 4) is 0 Å². The Morgan fingerprint density at radius 3 is 2.57 bits per heavy atom. The van der Waals surface area contributed by atoms with Crippen LogP contribution in [0.5, 0.6) is 0 Å². The Hall–Kier alpha value is -1.82. The van der Waals surface area contributed by atoms with E-state index in [-0.39, 0.29) is 0 Å². The summed E-state index contributed by atoms with van der Waals surface area (Å²) in [4.78, 5) is 0.321. The van der Waals surface area contributed by atoms with Crippen LogP contribution < -0.4 is 4.72 Å². The van der Waals surface area contributed by atoms with Gasteiger partial charge in [-0.2, -0.15) is 5.10 Å². The second-order valence-corrected chi connectivity index (χ2v) is 7.25. The summed E-state index contributed by atoms with van der Waals surface area (Å²) in [5.74, 6) is 0.521. The molecule has 0 unspecified atom stereocenters. The fraction of sp³-hybridized carbons (Fsp3) is 0.400. The fourth-order valence-electron chi connectivity index (χ4n) is 2.81. The fourth-order valence-corrected chi connectivity index (χ4v) is 4.01. The van der Waals surface area contributed by atoms with E-state index < -0.39 is 10.0 Å². The average molecular weight is 305 g/mol. The Kier molecular flexibility index (Phi) is 3.28. The second kappa shape index (κ2) is 4.87. The van der Waals surface area contributed by atoms with Gasteiger partial charge in [-0.25, -0.2) is 8.42 Å². The van der Waals surface area contributed by atoms with Crippen molar-refractivity contribution in [3.05, 3.63) is 40.6 Å². The molecule has 21 heavy (non-hydrogen) atoms. The highest BCUT2D eigenvalue weighted by Crippen LogP contribution is 2.26. The number of anilines is 1. The molecule has 0 radical (unpaired) electrons. The SMILES string of the molecule is Cc1nn(C)c(NS(=O)(=O)c2ccc3c(c2)CCC3)c1C. The minimum atomic E-state index is -3.58. The summed E-state index contributed by atoms with van der Waals surface area (Å²) in [7, 11) is -1.84. The van der Waals surface area contributed by atoms with Crippen molar-refractivity contribution in [2.75, 3.05) is 4.72 Å². The van der Waals surface area contributed by atoms with Gasteiger partial charge in [0, 0.05) is 12.6 Å². The van der Waals surface area contributed by atoms with Crippen LogP contribution in [0.1, 0.15) is 28.8 Å². The highest BCUT2D eigenvalue weighted by atomic mass is 32.2. The molecule has 1 aromatic heterocycles. The summed E-state index contributed by atoms with van der Waals surface area (Å²) < 4.78 is 29.3. The van der Waals surface area contributed by atoms with Gasteiger partial charge in [0.15, 0.2) is 0 Å². The number of aryl methyl sites for hydroxylation is 4. The lowest BCUT2D eigenvalue weighted by Crippen LogP contribution is -2.16. The van der Waals surface area contributed by atoms with Gasteiger partial charge in [0.1, 0.15) is 5.82 Å². The van der Waals surface area contributed by atoms with E-state index in [0.717, 1.165) is 36.1 Å². The predicted octanol–water partition coefficient (Wildman–Crippen LogP) is 2.33. The largest absolute Gasteiger partial charge is 0.263 e. The van der Waals surface area contributed by atoms with E-state index in [2.05, 4.69) is 9.82 Å². The summed E-state index contributed by atoms with van der Waals surface area (Å²) in [5, 5.41) is 4.24. The lowest BCUT2D eigenvalue weighted by molar-refractivity contribution is 0.600. The molecule has 6 heteroatoms. The van der Waals surface area contributed by atoms with Crippen molar-refractivity contribution in [2.45, 2.75) is 38.0 Å². The zero-order chi connectivity index (χ0) is 15.2. The number of benzene rings is 1. The molecule has 0 spiro atoms. The molecule has 1 aromatic carbocycles. The molecule has 0 aliphatic heterocycles.